The van der Waals surface area contributed by atoms with Crippen LogP contribution in [-0.2, 0) is 17.5 Å². The van der Waals surface area contributed by atoms with Crippen molar-refractivity contribution < 1.29 is 18.0 Å². The molecule has 0 bridgehead atoms. The van der Waals surface area contributed by atoms with Gasteiger partial charge in [0.15, 0.2) is 0 Å². The Kier molecular flexibility index (Phi) is 7.63. The van der Waals surface area contributed by atoms with Crippen molar-refractivity contribution in [2.45, 2.75) is 45.3 Å². The van der Waals surface area contributed by atoms with E-state index in [0.717, 1.165) is 24.6 Å². The molecule has 2 N–H and O–H groups in total. The van der Waals surface area contributed by atoms with Gasteiger partial charge in [-0.15, -0.1) is 0 Å². The maximum atomic E-state index is 13.3. The summed E-state index contributed by atoms with van der Waals surface area (Å²) in [6.45, 7) is 5.24. The Morgan fingerprint density at radius 2 is 1.91 bits per heavy atom. The van der Waals surface area contributed by atoms with Crippen LogP contribution in [0, 0.1) is 5.92 Å². The van der Waals surface area contributed by atoms with Crippen LogP contribution in [0.4, 0.5) is 24.7 Å². The molecule has 2 aromatic rings. The van der Waals surface area contributed by atoms with E-state index >= 15 is 0 Å². The van der Waals surface area contributed by atoms with Gasteiger partial charge in [-0.05, 0) is 59.8 Å². The summed E-state index contributed by atoms with van der Waals surface area (Å²) >= 11 is 3.37. The van der Waals surface area contributed by atoms with Gasteiger partial charge in [-0.3, -0.25) is 4.79 Å². The first kappa shape index (κ1) is 24.3. The molecule has 0 aliphatic carbocycles. The molecule has 1 atom stereocenters. The number of aromatic nitrogens is 2. The van der Waals surface area contributed by atoms with Crippen molar-refractivity contribution in [2.75, 3.05) is 30.4 Å². The Labute approximate surface area is 194 Å². The summed E-state index contributed by atoms with van der Waals surface area (Å²) in [6, 6.07) is 5.97. The number of halogens is 4. The molecule has 1 fully saturated rings. The number of carbonyl (C=O) groups excluding carboxylic acids is 1. The van der Waals surface area contributed by atoms with Gasteiger partial charge in [-0.1, -0.05) is 13.0 Å². The fraction of sp³-hybridized carbons (Fsp3) is 0.500. The smallest absolute Gasteiger partial charge is 0.386 e. The predicted octanol–water partition coefficient (Wildman–Crippen LogP) is 4.96. The van der Waals surface area contributed by atoms with Gasteiger partial charge in [0, 0.05) is 32.2 Å². The third-order valence-electron chi connectivity index (χ3n) is 5.76. The van der Waals surface area contributed by atoms with Crippen molar-refractivity contribution in [1.29, 1.82) is 0 Å². The predicted molar refractivity (Wildman–Crippen MR) is 122 cm³/mol. The molecule has 0 aromatic carbocycles. The quantitative estimate of drug-likeness (QED) is 0.534. The maximum Gasteiger partial charge on any atom is 0.433 e. The van der Waals surface area contributed by atoms with E-state index < -0.39 is 17.8 Å². The minimum Gasteiger partial charge on any atom is -0.386 e. The van der Waals surface area contributed by atoms with Gasteiger partial charge >= 0.3 is 6.18 Å². The Hall–Kier alpha value is -2.36. The molecule has 0 saturated carbocycles. The van der Waals surface area contributed by atoms with Crippen molar-refractivity contribution in [1.82, 2.24) is 15.3 Å². The fourth-order valence-corrected chi connectivity index (χ4v) is 4.15. The molecule has 6 nitrogen and oxygen atoms in total. The van der Waals surface area contributed by atoms with E-state index in [1.807, 2.05) is 11.0 Å². The molecule has 1 unspecified atom stereocenters. The lowest BCUT2D eigenvalue weighted by molar-refractivity contribution is -0.141. The Balaban J connectivity index is 1.77. The lowest BCUT2D eigenvalue weighted by Crippen LogP contribution is -2.35. The molecular formula is C22H27BrF3N5O. The van der Waals surface area contributed by atoms with Gasteiger partial charge in [0.05, 0.1) is 17.3 Å². The molecule has 0 spiro atoms. The first-order valence-electron chi connectivity index (χ1n) is 10.5. The van der Waals surface area contributed by atoms with E-state index in [1.165, 1.54) is 6.07 Å². The second kappa shape index (κ2) is 10.1. The lowest BCUT2D eigenvalue weighted by atomic mass is 9.99. The van der Waals surface area contributed by atoms with Crippen LogP contribution in [0.1, 0.15) is 49.6 Å². The van der Waals surface area contributed by atoms with E-state index in [4.69, 9.17) is 0 Å². The molecule has 2 aromatic heterocycles. The third-order valence-corrected chi connectivity index (χ3v) is 6.36. The molecule has 3 rings (SSSR count). The van der Waals surface area contributed by atoms with Gasteiger partial charge < -0.3 is 15.5 Å². The molecule has 0 radical (unpaired) electrons. The summed E-state index contributed by atoms with van der Waals surface area (Å²) in [4.78, 5) is 23.0. The fourth-order valence-electron chi connectivity index (χ4n) is 3.61. The number of rotatable bonds is 6. The monoisotopic (exact) mass is 513 g/mol. The van der Waals surface area contributed by atoms with Crippen LogP contribution >= 0.6 is 15.9 Å². The number of nitrogens with zero attached hydrogens (tertiary/aromatic N) is 3. The molecule has 1 aliphatic heterocycles. The molecule has 10 heteroatoms. The van der Waals surface area contributed by atoms with Crippen LogP contribution < -0.4 is 15.5 Å². The zero-order chi connectivity index (χ0) is 23.5. The number of nitrogens with one attached hydrogen (secondary N) is 2. The normalized spacial score (nSPS) is 16.0. The first-order valence-corrected chi connectivity index (χ1v) is 11.3. The molecule has 174 valence electrons. The minimum atomic E-state index is -4.52. The first-order chi connectivity index (χ1) is 15.1. The van der Waals surface area contributed by atoms with E-state index in [-0.39, 0.29) is 12.5 Å². The Bertz CT molecular complexity index is 961. The topological polar surface area (TPSA) is 70.2 Å². The third kappa shape index (κ3) is 5.70. The van der Waals surface area contributed by atoms with E-state index in [2.05, 4.69) is 43.5 Å². The zero-order valence-electron chi connectivity index (χ0n) is 18.3. The van der Waals surface area contributed by atoms with Gasteiger partial charge in [0.1, 0.15) is 16.1 Å². The second-order valence-electron chi connectivity index (χ2n) is 8.11. The summed E-state index contributed by atoms with van der Waals surface area (Å²) in [5, 5.41) is 5.82. The highest BCUT2D eigenvalue weighted by molar-refractivity contribution is 9.10. The SMILES string of the molecule is CNc1ccc(C(C)C(=O)NCc2ccc(C(F)(F)F)nc2N2CCC(C)CC2)nc1Br. The van der Waals surface area contributed by atoms with Gasteiger partial charge in [-0.25, -0.2) is 9.97 Å². The minimum absolute atomic E-state index is 0.0888. The van der Waals surface area contributed by atoms with Crippen LogP contribution in [0.15, 0.2) is 28.9 Å². The highest BCUT2D eigenvalue weighted by Gasteiger charge is 2.34. The van der Waals surface area contributed by atoms with E-state index in [0.29, 0.717) is 40.7 Å². The summed E-state index contributed by atoms with van der Waals surface area (Å²) in [5.74, 6) is 0.0275. The van der Waals surface area contributed by atoms with Crippen molar-refractivity contribution in [3.63, 3.8) is 0 Å². The highest BCUT2D eigenvalue weighted by Crippen LogP contribution is 2.32. The van der Waals surface area contributed by atoms with Crippen LogP contribution in [0.2, 0.25) is 0 Å². The van der Waals surface area contributed by atoms with Crippen LogP contribution in [0.5, 0.6) is 0 Å². The van der Waals surface area contributed by atoms with Gasteiger partial charge in [-0.2, -0.15) is 13.2 Å². The average Bonchev–Trinajstić information content (AvgIpc) is 2.76. The summed E-state index contributed by atoms with van der Waals surface area (Å²) in [6.07, 6.45) is -2.74. The van der Waals surface area contributed by atoms with Crippen LogP contribution in [0.3, 0.4) is 0 Å². The van der Waals surface area contributed by atoms with E-state index in [9.17, 15) is 18.0 Å². The number of pyridine rings is 2. The number of alkyl halides is 3. The lowest BCUT2D eigenvalue weighted by Gasteiger charge is -2.33. The van der Waals surface area contributed by atoms with Gasteiger partial charge in [0.25, 0.3) is 0 Å². The second-order valence-corrected chi connectivity index (χ2v) is 8.86. The van der Waals surface area contributed by atoms with E-state index in [1.54, 1.807) is 20.0 Å². The molecule has 1 amide bonds. The number of hydrogen-bond acceptors (Lipinski definition) is 5. The molecule has 32 heavy (non-hydrogen) atoms. The van der Waals surface area contributed by atoms with Crippen molar-refractivity contribution in [3.05, 3.63) is 45.8 Å². The van der Waals surface area contributed by atoms with Gasteiger partial charge in [0.2, 0.25) is 5.91 Å². The number of carbonyl (C=O) groups is 1. The summed E-state index contributed by atoms with van der Waals surface area (Å²) in [5.41, 5.74) is 1.03. The average molecular weight is 514 g/mol. The number of anilines is 2. The number of amides is 1. The zero-order valence-corrected chi connectivity index (χ0v) is 19.8. The number of piperidine rings is 1. The maximum absolute atomic E-state index is 13.3. The number of hydrogen-bond donors (Lipinski definition) is 2. The Morgan fingerprint density at radius 3 is 2.50 bits per heavy atom. The molecule has 1 aliphatic rings. The summed E-state index contributed by atoms with van der Waals surface area (Å²) < 4.78 is 40.4. The summed E-state index contributed by atoms with van der Waals surface area (Å²) in [7, 11) is 1.77. The van der Waals surface area contributed by atoms with Crippen molar-refractivity contribution in [2.24, 2.45) is 5.92 Å². The molecular weight excluding hydrogens is 487 g/mol. The molecule has 1 saturated heterocycles. The standard InChI is InChI=1S/C22H27BrF3N5O/c1-13-8-10-31(11-9-13)20-15(4-7-18(30-20)22(24,25)26)12-28-21(32)14(2)16-5-6-17(27-3)19(23)29-16/h4-7,13-14,27H,8-12H2,1-3H3,(H,28,32). The van der Waals surface area contributed by atoms with Crippen molar-refractivity contribution in [3.8, 4) is 0 Å². The highest BCUT2D eigenvalue weighted by atomic mass is 79.9. The van der Waals surface area contributed by atoms with Crippen LogP contribution in [-0.4, -0.2) is 36.0 Å². The largest absolute Gasteiger partial charge is 0.433 e. The molecule has 3 heterocycles. The Morgan fingerprint density at radius 1 is 1.22 bits per heavy atom. The van der Waals surface area contributed by atoms with Crippen LogP contribution in [0.25, 0.3) is 0 Å². The van der Waals surface area contributed by atoms with Crippen molar-refractivity contribution >= 4 is 33.3 Å².